The van der Waals surface area contributed by atoms with Crippen molar-refractivity contribution in [1.82, 2.24) is 10.6 Å². The Morgan fingerprint density at radius 3 is 2.87 bits per heavy atom. The molecule has 1 heterocycles. The summed E-state index contributed by atoms with van der Waals surface area (Å²) in [5, 5.41) is 15.5. The summed E-state index contributed by atoms with van der Waals surface area (Å²) in [5.74, 6) is 0.00227. The first-order valence-corrected chi connectivity index (χ1v) is 6.14. The SMILES string of the molecule is CSC(C)CNC(=O)[C@H]1C[C@H](O)CN1.Cl. The number of rotatable bonds is 4. The molecule has 0 saturated carbocycles. The maximum atomic E-state index is 11.5. The molecule has 3 atom stereocenters. The average molecular weight is 255 g/mol. The van der Waals surface area contributed by atoms with E-state index in [2.05, 4.69) is 17.6 Å². The van der Waals surface area contributed by atoms with Crippen LogP contribution in [0.3, 0.4) is 0 Å². The van der Waals surface area contributed by atoms with Gasteiger partial charge in [-0.15, -0.1) is 12.4 Å². The molecule has 4 nitrogen and oxygen atoms in total. The van der Waals surface area contributed by atoms with Gasteiger partial charge in [0.25, 0.3) is 0 Å². The van der Waals surface area contributed by atoms with Crippen LogP contribution in [0.15, 0.2) is 0 Å². The van der Waals surface area contributed by atoms with Crippen molar-refractivity contribution < 1.29 is 9.90 Å². The molecule has 0 spiro atoms. The lowest BCUT2D eigenvalue weighted by molar-refractivity contribution is -0.122. The standard InChI is InChI=1S/C9H18N2O2S.ClH/c1-6(14-2)4-11-9(13)8-3-7(12)5-10-8;/h6-8,10,12H,3-5H2,1-2H3,(H,11,13);1H/t6?,7-,8+;/m0./s1. The van der Waals surface area contributed by atoms with Crippen molar-refractivity contribution in [2.45, 2.75) is 30.7 Å². The lowest BCUT2D eigenvalue weighted by atomic mass is 10.2. The summed E-state index contributed by atoms with van der Waals surface area (Å²) in [5.41, 5.74) is 0. The summed E-state index contributed by atoms with van der Waals surface area (Å²) in [4.78, 5) is 11.5. The molecule has 1 saturated heterocycles. The minimum atomic E-state index is -0.372. The number of carbonyl (C=O) groups is 1. The molecule has 0 bridgehead atoms. The van der Waals surface area contributed by atoms with Crippen LogP contribution >= 0.6 is 24.2 Å². The van der Waals surface area contributed by atoms with Gasteiger partial charge in [-0.05, 0) is 12.7 Å². The third kappa shape index (κ3) is 5.06. The van der Waals surface area contributed by atoms with E-state index in [-0.39, 0.29) is 30.5 Å². The van der Waals surface area contributed by atoms with Crippen molar-refractivity contribution in [3.63, 3.8) is 0 Å². The van der Waals surface area contributed by atoms with Crippen LogP contribution in [0.4, 0.5) is 0 Å². The predicted molar refractivity (Wildman–Crippen MR) is 65.6 cm³/mol. The number of halogens is 1. The molecule has 0 aromatic carbocycles. The summed E-state index contributed by atoms with van der Waals surface area (Å²) in [7, 11) is 0. The molecule has 1 rings (SSSR count). The number of hydrogen-bond donors (Lipinski definition) is 3. The molecule has 6 heteroatoms. The summed E-state index contributed by atoms with van der Waals surface area (Å²) in [6, 6.07) is -0.209. The molecule has 1 aliphatic heterocycles. The van der Waals surface area contributed by atoms with Crippen molar-refractivity contribution >= 4 is 30.1 Å². The van der Waals surface area contributed by atoms with Gasteiger partial charge in [0.05, 0.1) is 12.1 Å². The molecule has 0 aliphatic carbocycles. The van der Waals surface area contributed by atoms with Gasteiger partial charge in [0.2, 0.25) is 5.91 Å². The van der Waals surface area contributed by atoms with Gasteiger partial charge in [0.15, 0.2) is 0 Å². The molecule has 15 heavy (non-hydrogen) atoms. The first-order valence-electron chi connectivity index (χ1n) is 4.85. The number of aliphatic hydroxyl groups is 1. The smallest absolute Gasteiger partial charge is 0.237 e. The summed E-state index contributed by atoms with van der Waals surface area (Å²) < 4.78 is 0. The van der Waals surface area contributed by atoms with Crippen LogP contribution in [-0.4, -0.2) is 47.8 Å². The zero-order chi connectivity index (χ0) is 10.6. The third-order valence-electron chi connectivity index (χ3n) is 2.39. The predicted octanol–water partition coefficient (Wildman–Crippen LogP) is -0.00130. The van der Waals surface area contributed by atoms with Gasteiger partial charge < -0.3 is 15.7 Å². The fourth-order valence-electron chi connectivity index (χ4n) is 1.37. The second kappa shape index (κ2) is 7.33. The van der Waals surface area contributed by atoms with Gasteiger partial charge in [-0.3, -0.25) is 4.79 Å². The highest BCUT2D eigenvalue weighted by molar-refractivity contribution is 7.99. The van der Waals surface area contributed by atoms with Crippen LogP contribution in [0.5, 0.6) is 0 Å². The number of thioether (sulfide) groups is 1. The Morgan fingerprint density at radius 2 is 2.40 bits per heavy atom. The van der Waals surface area contributed by atoms with Crippen molar-refractivity contribution in [2.75, 3.05) is 19.3 Å². The van der Waals surface area contributed by atoms with Gasteiger partial charge in [-0.1, -0.05) is 6.92 Å². The lowest BCUT2D eigenvalue weighted by Crippen LogP contribution is -2.42. The Bertz CT molecular complexity index is 207. The zero-order valence-electron chi connectivity index (χ0n) is 9.03. The Morgan fingerprint density at radius 1 is 1.73 bits per heavy atom. The van der Waals surface area contributed by atoms with Gasteiger partial charge >= 0.3 is 0 Å². The normalized spacial score (nSPS) is 26.9. The van der Waals surface area contributed by atoms with E-state index in [1.807, 2.05) is 6.26 Å². The van der Waals surface area contributed by atoms with Crippen LogP contribution in [-0.2, 0) is 4.79 Å². The number of nitrogens with one attached hydrogen (secondary N) is 2. The molecule has 0 aromatic rings. The number of aliphatic hydroxyl groups excluding tert-OH is 1. The first kappa shape index (κ1) is 15.0. The Labute approximate surface area is 101 Å². The largest absolute Gasteiger partial charge is 0.392 e. The van der Waals surface area contributed by atoms with Crippen LogP contribution in [0, 0.1) is 0 Å². The van der Waals surface area contributed by atoms with E-state index < -0.39 is 0 Å². The van der Waals surface area contributed by atoms with Crippen molar-refractivity contribution in [3.05, 3.63) is 0 Å². The molecular formula is C9H19ClN2O2S. The summed E-state index contributed by atoms with van der Waals surface area (Å²) in [6.07, 6.45) is 2.18. The molecule has 90 valence electrons. The fraction of sp³-hybridized carbons (Fsp3) is 0.889. The number of amides is 1. The lowest BCUT2D eigenvalue weighted by Gasteiger charge is -2.13. The quantitative estimate of drug-likeness (QED) is 0.661. The number of β-amino-alcohol motifs (C(OH)–C–C–N with tert-alkyl or cyclic N) is 1. The maximum absolute atomic E-state index is 11.5. The van der Waals surface area contributed by atoms with Gasteiger partial charge in [-0.2, -0.15) is 11.8 Å². The Kier molecular flexibility index (Phi) is 7.34. The van der Waals surface area contributed by atoms with E-state index >= 15 is 0 Å². The van der Waals surface area contributed by atoms with Gasteiger partial charge in [-0.25, -0.2) is 0 Å². The molecule has 1 amide bonds. The van der Waals surface area contributed by atoms with Crippen molar-refractivity contribution in [2.24, 2.45) is 0 Å². The highest BCUT2D eigenvalue weighted by Crippen LogP contribution is 2.07. The highest BCUT2D eigenvalue weighted by atomic mass is 35.5. The van der Waals surface area contributed by atoms with Crippen LogP contribution < -0.4 is 10.6 Å². The topological polar surface area (TPSA) is 61.4 Å². The third-order valence-corrected chi connectivity index (χ3v) is 3.36. The molecule has 1 aliphatic rings. The second-order valence-corrected chi connectivity index (χ2v) is 4.92. The molecular weight excluding hydrogens is 236 g/mol. The van der Waals surface area contributed by atoms with E-state index in [1.165, 1.54) is 0 Å². The molecule has 1 fully saturated rings. The van der Waals surface area contributed by atoms with E-state index in [0.717, 1.165) is 0 Å². The summed E-state index contributed by atoms with van der Waals surface area (Å²) >= 11 is 1.73. The van der Waals surface area contributed by atoms with Crippen molar-refractivity contribution in [1.29, 1.82) is 0 Å². The van der Waals surface area contributed by atoms with Crippen molar-refractivity contribution in [3.8, 4) is 0 Å². The van der Waals surface area contributed by atoms with Gasteiger partial charge in [0.1, 0.15) is 0 Å². The average Bonchev–Trinajstić information content (AvgIpc) is 2.60. The van der Waals surface area contributed by atoms with E-state index in [4.69, 9.17) is 0 Å². The van der Waals surface area contributed by atoms with Crippen LogP contribution in [0.25, 0.3) is 0 Å². The summed E-state index contributed by atoms with van der Waals surface area (Å²) in [6.45, 7) is 3.28. The number of hydrogen-bond acceptors (Lipinski definition) is 4. The first-order chi connectivity index (χ1) is 6.63. The van der Waals surface area contributed by atoms with E-state index in [9.17, 15) is 9.90 Å². The minimum Gasteiger partial charge on any atom is -0.392 e. The van der Waals surface area contributed by atoms with Gasteiger partial charge in [0, 0.05) is 18.3 Å². The molecule has 0 radical (unpaired) electrons. The highest BCUT2D eigenvalue weighted by Gasteiger charge is 2.27. The molecule has 0 aromatic heterocycles. The van der Waals surface area contributed by atoms with E-state index in [0.29, 0.717) is 24.8 Å². The minimum absolute atomic E-state index is 0. The van der Waals surface area contributed by atoms with E-state index in [1.54, 1.807) is 11.8 Å². The second-order valence-electron chi connectivity index (χ2n) is 3.64. The Balaban J connectivity index is 0.00000196. The maximum Gasteiger partial charge on any atom is 0.237 e. The fourth-order valence-corrected chi connectivity index (χ4v) is 1.62. The number of carbonyl (C=O) groups excluding carboxylic acids is 1. The molecule has 1 unspecified atom stereocenters. The monoisotopic (exact) mass is 254 g/mol. The zero-order valence-corrected chi connectivity index (χ0v) is 10.7. The Hall–Kier alpha value is 0.0300. The van der Waals surface area contributed by atoms with Crippen LogP contribution in [0.1, 0.15) is 13.3 Å². The molecule has 3 N–H and O–H groups in total. The van der Waals surface area contributed by atoms with Crippen LogP contribution in [0.2, 0.25) is 0 Å².